The topological polar surface area (TPSA) is 61.4 Å². The zero-order valence-corrected chi connectivity index (χ0v) is 11.0. The van der Waals surface area contributed by atoms with Crippen LogP contribution in [-0.4, -0.2) is 41.3 Å². The van der Waals surface area contributed by atoms with Gasteiger partial charge >= 0.3 is 6.03 Å². The van der Waals surface area contributed by atoms with Crippen LogP contribution in [0.5, 0.6) is 0 Å². The van der Waals surface area contributed by atoms with Gasteiger partial charge in [0.05, 0.1) is 12.1 Å². The number of aliphatic hydroxyl groups excluding tert-OH is 1. The van der Waals surface area contributed by atoms with Crippen molar-refractivity contribution in [1.82, 2.24) is 10.6 Å². The summed E-state index contributed by atoms with van der Waals surface area (Å²) in [5.41, 5.74) is 0. The number of hydrogen-bond acceptors (Lipinski definition) is 3. The van der Waals surface area contributed by atoms with E-state index in [2.05, 4.69) is 17.2 Å². The van der Waals surface area contributed by atoms with E-state index < -0.39 is 0 Å². The van der Waals surface area contributed by atoms with E-state index in [9.17, 15) is 9.90 Å². The molecule has 2 amide bonds. The Morgan fingerprint density at radius 2 is 2.24 bits per heavy atom. The number of amides is 2. The molecule has 5 heteroatoms. The van der Waals surface area contributed by atoms with Crippen molar-refractivity contribution in [3.63, 3.8) is 0 Å². The molecule has 4 nitrogen and oxygen atoms in total. The van der Waals surface area contributed by atoms with Gasteiger partial charge in [0.2, 0.25) is 0 Å². The molecule has 2 atom stereocenters. The summed E-state index contributed by atoms with van der Waals surface area (Å²) in [6.07, 6.45) is 5.27. The van der Waals surface area contributed by atoms with Crippen LogP contribution in [0.4, 0.5) is 4.79 Å². The molecule has 3 N–H and O–H groups in total. The second kappa shape index (κ2) is 8.42. The smallest absolute Gasteiger partial charge is 0.315 e. The molecule has 1 rings (SSSR count). The third-order valence-corrected chi connectivity index (χ3v) is 3.78. The maximum absolute atomic E-state index is 11.5. The Morgan fingerprint density at radius 3 is 2.94 bits per heavy atom. The van der Waals surface area contributed by atoms with Crippen LogP contribution in [0.1, 0.15) is 25.7 Å². The van der Waals surface area contributed by atoms with Gasteiger partial charge in [-0.05, 0) is 12.8 Å². The lowest BCUT2D eigenvalue weighted by Gasteiger charge is -2.28. The molecule has 0 bridgehead atoms. The molecule has 0 saturated heterocycles. The van der Waals surface area contributed by atoms with Gasteiger partial charge in [-0.25, -0.2) is 4.79 Å². The molecule has 1 fully saturated rings. The molecule has 98 valence electrons. The standard InChI is InChI=1S/C12H22N2O2S/c1-2-8-17-9-7-13-12(16)14-10-5-3-4-6-11(10)15/h2,10-11,15H,1,3-9H2,(H2,13,14,16). The van der Waals surface area contributed by atoms with Crippen LogP contribution in [0, 0.1) is 0 Å². The van der Waals surface area contributed by atoms with Crippen LogP contribution in [0.25, 0.3) is 0 Å². The summed E-state index contributed by atoms with van der Waals surface area (Å²) in [7, 11) is 0. The molecule has 0 radical (unpaired) electrons. The van der Waals surface area contributed by atoms with Gasteiger partial charge in [0, 0.05) is 18.1 Å². The summed E-state index contributed by atoms with van der Waals surface area (Å²) in [6.45, 7) is 4.28. The minimum atomic E-state index is -0.385. The summed E-state index contributed by atoms with van der Waals surface area (Å²) < 4.78 is 0. The zero-order valence-electron chi connectivity index (χ0n) is 10.2. The molecule has 0 aromatic rings. The zero-order chi connectivity index (χ0) is 12.5. The predicted octanol–water partition coefficient (Wildman–Crippen LogP) is 1.51. The summed E-state index contributed by atoms with van der Waals surface area (Å²) in [5.74, 6) is 1.79. The number of aliphatic hydroxyl groups is 1. The van der Waals surface area contributed by atoms with E-state index >= 15 is 0 Å². The third kappa shape index (κ3) is 5.98. The first-order valence-electron chi connectivity index (χ1n) is 6.15. The molecule has 0 heterocycles. The van der Waals surface area contributed by atoms with Crippen LogP contribution < -0.4 is 10.6 Å². The van der Waals surface area contributed by atoms with Gasteiger partial charge in [0.25, 0.3) is 0 Å². The summed E-state index contributed by atoms with van der Waals surface area (Å²) in [6, 6.07) is -0.250. The van der Waals surface area contributed by atoms with Gasteiger partial charge in [0.1, 0.15) is 0 Å². The van der Waals surface area contributed by atoms with Crippen LogP contribution >= 0.6 is 11.8 Å². The van der Waals surface area contributed by atoms with Crippen molar-refractivity contribution < 1.29 is 9.90 Å². The molecule has 1 aliphatic carbocycles. The number of carbonyl (C=O) groups excluding carboxylic acids is 1. The Kier molecular flexibility index (Phi) is 7.12. The van der Waals surface area contributed by atoms with E-state index in [1.165, 1.54) is 0 Å². The molecular formula is C12H22N2O2S. The van der Waals surface area contributed by atoms with E-state index in [0.29, 0.717) is 6.54 Å². The lowest BCUT2D eigenvalue weighted by atomic mass is 9.93. The van der Waals surface area contributed by atoms with Crippen molar-refractivity contribution in [2.75, 3.05) is 18.1 Å². The number of nitrogens with one attached hydrogen (secondary N) is 2. The first-order chi connectivity index (χ1) is 8.24. The second-order valence-electron chi connectivity index (χ2n) is 4.22. The first kappa shape index (κ1) is 14.4. The average molecular weight is 258 g/mol. The molecule has 1 saturated carbocycles. The Hall–Kier alpha value is -0.680. The number of hydrogen-bond donors (Lipinski definition) is 3. The van der Waals surface area contributed by atoms with Gasteiger partial charge in [-0.3, -0.25) is 0 Å². The molecule has 0 aromatic heterocycles. The maximum atomic E-state index is 11.5. The Morgan fingerprint density at radius 1 is 1.47 bits per heavy atom. The van der Waals surface area contributed by atoms with Crippen LogP contribution in [-0.2, 0) is 0 Å². The van der Waals surface area contributed by atoms with Crippen molar-refractivity contribution in [2.24, 2.45) is 0 Å². The molecule has 2 unspecified atom stereocenters. The first-order valence-corrected chi connectivity index (χ1v) is 7.30. The van der Waals surface area contributed by atoms with Crippen molar-refractivity contribution in [3.8, 4) is 0 Å². The second-order valence-corrected chi connectivity index (χ2v) is 5.37. The van der Waals surface area contributed by atoms with Crippen LogP contribution in [0.3, 0.4) is 0 Å². The van der Waals surface area contributed by atoms with Crippen LogP contribution in [0.2, 0.25) is 0 Å². The van der Waals surface area contributed by atoms with Gasteiger partial charge in [-0.1, -0.05) is 18.9 Å². The quantitative estimate of drug-likeness (QED) is 0.500. The Labute approximate surface area is 107 Å². The molecule has 0 aliphatic heterocycles. The lowest BCUT2D eigenvalue weighted by molar-refractivity contribution is 0.0944. The monoisotopic (exact) mass is 258 g/mol. The Bertz CT molecular complexity index is 249. The van der Waals surface area contributed by atoms with E-state index in [1.807, 2.05) is 6.08 Å². The van der Waals surface area contributed by atoms with Gasteiger partial charge in [0.15, 0.2) is 0 Å². The summed E-state index contributed by atoms with van der Waals surface area (Å²) >= 11 is 1.73. The average Bonchev–Trinajstić information content (AvgIpc) is 2.32. The van der Waals surface area contributed by atoms with Crippen molar-refractivity contribution in [3.05, 3.63) is 12.7 Å². The third-order valence-electron chi connectivity index (χ3n) is 2.81. The highest BCUT2D eigenvalue weighted by molar-refractivity contribution is 7.99. The Balaban J connectivity index is 2.09. The number of urea groups is 1. The number of carbonyl (C=O) groups is 1. The van der Waals surface area contributed by atoms with Crippen LogP contribution in [0.15, 0.2) is 12.7 Å². The van der Waals surface area contributed by atoms with E-state index in [0.717, 1.165) is 37.2 Å². The SMILES string of the molecule is C=CCSCCNC(=O)NC1CCCCC1O. The van der Waals surface area contributed by atoms with Gasteiger partial charge in [-0.2, -0.15) is 11.8 Å². The molecule has 17 heavy (non-hydrogen) atoms. The highest BCUT2D eigenvalue weighted by Crippen LogP contribution is 2.18. The van der Waals surface area contributed by atoms with Gasteiger partial charge < -0.3 is 15.7 Å². The van der Waals surface area contributed by atoms with Crippen molar-refractivity contribution >= 4 is 17.8 Å². The van der Waals surface area contributed by atoms with E-state index in [4.69, 9.17) is 0 Å². The van der Waals surface area contributed by atoms with E-state index in [-0.39, 0.29) is 18.2 Å². The highest BCUT2D eigenvalue weighted by Gasteiger charge is 2.24. The minimum absolute atomic E-state index is 0.0791. The minimum Gasteiger partial charge on any atom is -0.391 e. The summed E-state index contributed by atoms with van der Waals surface area (Å²) in [4.78, 5) is 11.5. The molecule has 0 aromatic carbocycles. The maximum Gasteiger partial charge on any atom is 0.315 e. The number of thioether (sulfide) groups is 1. The molecule has 1 aliphatic rings. The normalized spacial score (nSPS) is 24.1. The predicted molar refractivity (Wildman–Crippen MR) is 72.3 cm³/mol. The molecule has 0 spiro atoms. The van der Waals surface area contributed by atoms with Crippen molar-refractivity contribution in [2.45, 2.75) is 37.8 Å². The number of rotatable bonds is 6. The fraction of sp³-hybridized carbons (Fsp3) is 0.750. The highest BCUT2D eigenvalue weighted by atomic mass is 32.2. The van der Waals surface area contributed by atoms with Crippen molar-refractivity contribution in [1.29, 1.82) is 0 Å². The van der Waals surface area contributed by atoms with E-state index in [1.54, 1.807) is 11.8 Å². The molecular weight excluding hydrogens is 236 g/mol. The fourth-order valence-corrected chi connectivity index (χ4v) is 2.48. The largest absolute Gasteiger partial charge is 0.391 e. The fourth-order valence-electron chi connectivity index (χ4n) is 1.90. The summed E-state index contributed by atoms with van der Waals surface area (Å²) in [5, 5.41) is 15.3. The van der Waals surface area contributed by atoms with Gasteiger partial charge in [-0.15, -0.1) is 6.58 Å². The lowest BCUT2D eigenvalue weighted by Crippen LogP contribution is -2.49.